The summed E-state index contributed by atoms with van der Waals surface area (Å²) in [5.74, 6) is 1.18. The molecule has 0 aliphatic carbocycles. The monoisotopic (exact) mass is 304 g/mol. The molecule has 1 fully saturated rings. The van der Waals surface area contributed by atoms with Gasteiger partial charge in [0.05, 0.1) is 17.8 Å². The zero-order valence-corrected chi connectivity index (χ0v) is 13.7. The molecule has 6 heteroatoms. The molecule has 1 unspecified atom stereocenters. The Hall–Kier alpha value is -1.69. The maximum Gasteiger partial charge on any atom is 0.262 e. The van der Waals surface area contributed by atoms with E-state index in [1.54, 1.807) is 6.20 Å². The van der Waals surface area contributed by atoms with Gasteiger partial charge in [-0.05, 0) is 32.6 Å². The van der Waals surface area contributed by atoms with Crippen molar-refractivity contribution < 1.29 is 4.74 Å². The molecule has 0 saturated carbocycles. The smallest absolute Gasteiger partial charge is 0.262 e. The van der Waals surface area contributed by atoms with Gasteiger partial charge < -0.3 is 9.72 Å². The van der Waals surface area contributed by atoms with Gasteiger partial charge in [0.2, 0.25) is 0 Å². The zero-order valence-electron chi connectivity index (χ0n) is 13.7. The van der Waals surface area contributed by atoms with Crippen molar-refractivity contribution in [3.8, 4) is 0 Å². The number of H-pyrrole nitrogens is 1. The molecule has 1 aliphatic rings. The molecule has 1 aliphatic heterocycles. The largest absolute Gasteiger partial charge is 0.375 e. The highest BCUT2D eigenvalue weighted by molar-refractivity contribution is 5.73. The second kappa shape index (κ2) is 5.50. The minimum absolute atomic E-state index is 0.0989. The number of nitrogens with one attached hydrogen (secondary N) is 1. The lowest BCUT2D eigenvalue weighted by Crippen LogP contribution is -2.35. The number of hydrogen-bond acceptors (Lipinski definition) is 4. The molecule has 2 aromatic heterocycles. The van der Waals surface area contributed by atoms with Crippen molar-refractivity contribution in [2.24, 2.45) is 5.92 Å². The maximum atomic E-state index is 12.2. The Labute approximate surface area is 129 Å². The molecule has 0 amide bonds. The number of nitrogens with zero attached hydrogens (tertiary/aromatic N) is 3. The Morgan fingerprint density at radius 2 is 2.27 bits per heavy atom. The topological polar surface area (TPSA) is 72.8 Å². The lowest BCUT2D eigenvalue weighted by Gasteiger charge is -2.35. The molecule has 1 saturated heterocycles. The lowest BCUT2D eigenvalue weighted by molar-refractivity contribution is -0.0702. The summed E-state index contributed by atoms with van der Waals surface area (Å²) < 4.78 is 7.69. The van der Waals surface area contributed by atoms with E-state index in [-0.39, 0.29) is 17.2 Å². The van der Waals surface area contributed by atoms with Crippen LogP contribution in [0, 0.1) is 5.92 Å². The van der Waals surface area contributed by atoms with Gasteiger partial charge in [-0.15, -0.1) is 0 Å². The van der Waals surface area contributed by atoms with Gasteiger partial charge in [-0.1, -0.05) is 13.8 Å². The second-order valence-corrected chi connectivity index (χ2v) is 7.19. The van der Waals surface area contributed by atoms with E-state index in [0.29, 0.717) is 23.6 Å². The molecule has 3 rings (SSSR count). The molecule has 3 heterocycles. The highest BCUT2D eigenvalue weighted by atomic mass is 16.5. The predicted molar refractivity (Wildman–Crippen MR) is 85.0 cm³/mol. The van der Waals surface area contributed by atoms with E-state index in [4.69, 9.17) is 4.74 Å². The summed E-state index contributed by atoms with van der Waals surface area (Å²) in [5.41, 5.74) is 0.434. The Morgan fingerprint density at radius 3 is 2.95 bits per heavy atom. The van der Waals surface area contributed by atoms with E-state index in [1.165, 1.54) is 0 Å². The van der Waals surface area contributed by atoms with Gasteiger partial charge >= 0.3 is 0 Å². The van der Waals surface area contributed by atoms with Crippen LogP contribution in [0.2, 0.25) is 0 Å². The average Bonchev–Trinajstić information content (AvgIpc) is 2.81. The van der Waals surface area contributed by atoms with Crippen molar-refractivity contribution in [1.29, 1.82) is 0 Å². The van der Waals surface area contributed by atoms with E-state index < -0.39 is 0 Å². The van der Waals surface area contributed by atoms with Crippen LogP contribution < -0.4 is 5.56 Å². The first kappa shape index (κ1) is 15.2. The van der Waals surface area contributed by atoms with E-state index in [2.05, 4.69) is 42.8 Å². The number of rotatable bonds is 3. The standard InChI is InChI=1S/C16H24N4O2/c1-10(2)7-13-18-14-12(15(21)19-13)9-17-20(14)11-5-6-22-16(3,4)8-11/h9-11H,5-8H2,1-4H3,(H,18,19,21). The summed E-state index contributed by atoms with van der Waals surface area (Å²) in [5, 5.41) is 5.01. The molecular formula is C16H24N4O2. The Balaban J connectivity index is 2.03. The minimum Gasteiger partial charge on any atom is -0.375 e. The summed E-state index contributed by atoms with van der Waals surface area (Å²) in [4.78, 5) is 19.8. The summed E-state index contributed by atoms with van der Waals surface area (Å²) in [7, 11) is 0. The zero-order chi connectivity index (χ0) is 15.9. The third-order valence-corrected chi connectivity index (χ3v) is 4.13. The fraction of sp³-hybridized carbons (Fsp3) is 0.688. The van der Waals surface area contributed by atoms with Crippen LogP contribution in [0.5, 0.6) is 0 Å². The van der Waals surface area contributed by atoms with Crippen LogP contribution >= 0.6 is 0 Å². The van der Waals surface area contributed by atoms with Crippen molar-refractivity contribution in [2.45, 2.75) is 58.6 Å². The van der Waals surface area contributed by atoms with Gasteiger partial charge in [-0.3, -0.25) is 4.79 Å². The maximum absolute atomic E-state index is 12.2. The molecule has 0 radical (unpaired) electrons. The molecular weight excluding hydrogens is 280 g/mol. The molecule has 1 atom stereocenters. The predicted octanol–water partition coefficient (Wildman–Crippen LogP) is 2.45. The van der Waals surface area contributed by atoms with Gasteiger partial charge in [0.1, 0.15) is 11.2 Å². The van der Waals surface area contributed by atoms with E-state index in [1.807, 2.05) is 4.68 Å². The summed E-state index contributed by atoms with van der Waals surface area (Å²) in [6.07, 6.45) is 4.16. The first-order valence-corrected chi connectivity index (χ1v) is 7.96. The number of aromatic amines is 1. The quantitative estimate of drug-likeness (QED) is 0.945. The molecule has 120 valence electrons. The van der Waals surface area contributed by atoms with E-state index in [9.17, 15) is 4.79 Å². The normalized spacial score (nSPS) is 21.6. The van der Waals surface area contributed by atoms with Crippen LogP contribution in [-0.2, 0) is 11.2 Å². The lowest BCUT2D eigenvalue weighted by atomic mass is 9.94. The molecule has 2 aromatic rings. The Kier molecular flexibility index (Phi) is 3.80. The minimum atomic E-state index is -0.164. The van der Waals surface area contributed by atoms with Gasteiger partial charge in [0.25, 0.3) is 5.56 Å². The molecule has 1 N–H and O–H groups in total. The van der Waals surface area contributed by atoms with Gasteiger partial charge in [-0.25, -0.2) is 9.67 Å². The van der Waals surface area contributed by atoms with Gasteiger partial charge in [-0.2, -0.15) is 5.10 Å². The van der Waals surface area contributed by atoms with Crippen molar-refractivity contribution in [2.75, 3.05) is 6.61 Å². The second-order valence-electron chi connectivity index (χ2n) is 7.19. The van der Waals surface area contributed by atoms with E-state index in [0.717, 1.165) is 25.1 Å². The highest BCUT2D eigenvalue weighted by Gasteiger charge is 2.31. The number of fused-ring (bicyclic) bond motifs is 1. The average molecular weight is 304 g/mol. The van der Waals surface area contributed by atoms with Crippen LogP contribution in [-0.4, -0.2) is 32.0 Å². The third-order valence-electron chi connectivity index (χ3n) is 4.13. The first-order chi connectivity index (χ1) is 10.4. The number of ether oxygens (including phenoxy) is 1. The van der Waals surface area contributed by atoms with Gasteiger partial charge in [0, 0.05) is 13.0 Å². The van der Waals surface area contributed by atoms with Crippen molar-refractivity contribution in [1.82, 2.24) is 19.7 Å². The highest BCUT2D eigenvalue weighted by Crippen LogP contribution is 2.32. The van der Waals surface area contributed by atoms with Gasteiger partial charge in [0.15, 0.2) is 5.65 Å². The van der Waals surface area contributed by atoms with Crippen LogP contribution in [0.1, 0.15) is 52.4 Å². The van der Waals surface area contributed by atoms with Crippen LogP contribution in [0.4, 0.5) is 0 Å². The summed E-state index contributed by atoms with van der Waals surface area (Å²) in [6.45, 7) is 9.12. The summed E-state index contributed by atoms with van der Waals surface area (Å²) >= 11 is 0. The number of aromatic nitrogens is 4. The molecule has 6 nitrogen and oxygen atoms in total. The Bertz CT molecular complexity index is 729. The fourth-order valence-corrected chi connectivity index (χ4v) is 3.14. The first-order valence-electron chi connectivity index (χ1n) is 7.96. The number of hydrogen-bond donors (Lipinski definition) is 1. The van der Waals surface area contributed by atoms with Crippen molar-refractivity contribution in [3.63, 3.8) is 0 Å². The van der Waals surface area contributed by atoms with E-state index >= 15 is 0 Å². The Morgan fingerprint density at radius 1 is 1.50 bits per heavy atom. The SMILES string of the molecule is CC(C)Cc1nc2c(cnn2C2CCOC(C)(C)C2)c(=O)[nH]1. The summed E-state index contributed by atoms with van der Waals surface area (Å²) in [6, 6.07) is 0.224. The third kappa shape index (κ3) is 2.92. The molecule has 0 spiro atoms. The fourth-order valence-electron chi connectivity index (χ4n) is 3.14. The molecule has 22 heavy (non-hydrogen) atoms. The molecule has 0 aromatic carbocycles. The van der Waals surface area contributed by atoms with Crippen molar-refractivity contribution >= 4 is 11.0 Å². The van der Waals surface area contributed by atoms with Crippen LogP contribution in [0.25, 0.3) is 11.0 Å². The van der Waals surface area contributed by atoms with Crippen LogP contribution in [0.3, 0.4) is 0 Å². The molecule has 0 bridgehead atoms. The van der Waals surface area contributed by atoms with Crippen molar-refractivity contribution in [3.05, 3.63) is 22.4 Å². The van der Waals surface area contributed by atoms with Crippen LogP contribution in [0.15, 0.2) is 11.0 Å².